The van der Waals surface area contributed by atoms with Crippen molar-refractivity contribution in [1.82, 2.24) is 9.78 Å². The van der Waals surface area contributed by atoms with E-state index in [0.717, 1.165) is 11.8 Å². The summed E-state index contributed by atoms with van der Waals surface area (Å²) in [7, 11) is 1.99. The smallest absolute Gasteiger partial charge is 0.0630 e. The first-order valence-electron chi connectivity index (χ1n) is 5.29. The molecule has 0 spiro atoms. The van der Waals surface area contributed by atoms with Crippen LogP contribution in [0, 0.1) is 5.41 Å². The predicted octanol–water partition coefficient (Wildman–Crippen LogP) is 2.92. The number of aromatic nitrogens is 2. The molecule has 0 bridgehead atoms. The number of hydrogen-bond donors (Lipinski definition) is 0. The van der Waals surface area contributed by atoms with Gasteiger partial charge in [0.05, 0.1) is 5.69 Å². The maximum atomic E-state index is 4.46. The van der Waals surface area contributed by atoms with Gasteiger partial charge in [-0.3, -0.25) is 4.68 Å². The van der Waals surface area contributed by atoms with E-state index in [2.05, 4.69) is 27.1 Å². The molecule has 1 fully saturated rings. The number of alkyl halides is 1. The molecule has 2 nitrogen and oxygen atoms in total. The second-order valence-corrected chi connectivity index (χ2v) is 5.06. The summed E-state index contributed by atoms with van der Waals surface area (Å²) in [5.74, 6) is 0. The Bertz CT molecular complexity index is 300. The molecule has 0 aliphatic heterocycles. The minimum Gasteiger partial charge on any atom is -0.276 e. The molecule has 2 rings (SSSR count). The molecule has 3 heteroatoms. The lowest BCUT2D eigenvalue weighted by Gasteiger charge is -2.25. The lowest BCUT2D eigenvalue weighted by molar-refractivity contribution is 0.342. The van der Waals surface area contributed by atoms with Crippen LogP contribution in [-0.2, 0) is 13.5 Å². The molecule has 1 aliphatic rings. The SMILES string of the molecule is Cn1ccc(CC2(CBr)CCCC2)n1. The maximum Gasteiger partial charge on any atom is 0.0630 e. The minimum atomic E-state index is 0.494. The van der Waals surface area contributed by atoms with Crippen molar-refractivity contribution in [3.63, 3.8) is 0 Å². The van der Waals surface area contributed by atoms with Gasteiger partial charge in [-0.2, -0.15) is 5.10 Å². The highest BCUT2D eigenvalue weighted by Gasteiger charge is 2.33. The fourth-order valence-electron chi connectivity index (χ4n) is 2.42. The molecule has 1 saturated carbocycles. The quantitative estimate of drug-likeness (QED) is 0.761. The van der Waals surface area contributed by atoms with Crippen LogP contribution in [0.5, 0.6) is 0 Å². The molecule has 78 valence electrons. The van der Waals surface area contributed by atoms with Gasteiger partial charge < -0.3 is 0 Å². The average Bonchev–Trinajstić information content (AvgIpc) is 2.77. The van der Waals surface area contributed by atoms with Crippen LogP contribution >= 0.6 is 15.9 Å². The van der Waals surface area contributed by atoms with E-state index in [4.69, 9.17) is 0 Å². The molecule has 0 amide bonds. The van der Waals surface area contributed by atoms with Crippen molar-refractivity contribution in [2.24, 2.45) is 12.5 Å². The van der Waals surface area contributed by atoms with Crippen molar-refractivity contribution in [1.29, 1.82) is 0 Å². The third-order valence-corrected chi connectivity index (χ3v) is 4.46. The van der Waals surface area contributed by atoms with Gasteiger partial charge in [-0.15, -0.1) is 0 Å². The lowest BCUT2D eigenvalue weighted by Crippen LogP contribution is -2.21. The van der Waals surface area contributed by atoms with Crippen LogP contribution in [0.1, 0.15) is 31.4 Å². The second kappa shape index (κ2) is 4.05. The van der Waals surface area contributed by atoms with Crippen LogP contribution in [0.3, 0.4) is 0 Å². The molecule has 0 aromatic carbocycles. The van der Waals surface area contributed by atoms with Crippen LogP contribution in [0.25, 0.3) is 0 Å². The first-order chi connectivity index (χ1) is 6.74. The zero-order valence-corrected chi connectivity index (χ0v) is 10.3. The van der Waals surface area contributed by atoms with Gasteiger partial charge in [-0.25, -0.2) is 0 Å². The van der Waals surface area contributed by atoms with Crippen LogP contribution < -0.4 is 0 Å². The molecule has 0 radical (unpaired) electrons. The van der Waals surface area contributed by atoms with Gasteiger partial charge in [0.2, 0.25) is 0 Å². The molecule has 1 aromatic heterocycles. The number of hydrogen-bond acceptors (Lipinski definition) is 1. The van der Waals surface area contributed by atoms with E-state index in [1.165, 1.54) is 31.4 Å². The van der Waals surface area contributed by atoms with E-state index in [9.17, 15) is 0 Å². The summed E-state index contributed by atoms with van der Waals surface area (Å²) in [5, 5.41) is 5.58. The van der Waals surface area contributed by atoms with Gasteiger partial charge in [0.1, 0.15) is 0 Å². The van der Waals surface area contributed by atoms with Gasteiger partial charge in [0.25, 0.3) is 0 Å². The highest BCUT2D eigenvalue weighted by Crippen LogP contribution is 2.41. The van der Waals surface area contributed by atoms with Crippen LogP contribution in [-0.4, -0.2) is 15.1 Å². The topological polar surface area (TPSA) is 17.8 Å². The zero-order valence-electron chi connectivity index (χ0n) is 8.67. The Morgan fingerprint density at radius 3 is 2.71 bits per heavy atom. The van der Waals surface area contributed by atoms with E-state index in [0.29, 0.717) is 5.41 Å². The van der Waals surface area contributed by atoms with Gasteiger partial charge >= 0.3 is 0 Å². The number of aryl methyl sites for hydroxylation is 1. The van der Waals surface area contributed by atoms with E-state index in [1.54, 1.807) is 0 Å². The number of rotatable bonds is 3. The zero-order chi connectivity index (χ0) is 10.0. The second-order valence-electron chi connectivity index (χ2n) is 4.50. The fraction of sp³-hybridized carbons (Fsp3) is 0.727. The van der Waals surface area contributed by atoms with E-state index >= 15 is 0 Å². The Balaban J connectivity index is 2.08. The summed E-state index contributed by atoms with van der Waals surface area (Å²) in [6.07, 6.45) is 8.66. The Morgan fingerprint density at radius 2 is 2.21 bits per heavy atom. The van der Waals surface area contributed by atoms with Gasteiger partial charge in [0, 0.05) is 18.6 Å². The van der Waals surface area contributed by atoms with Crippen molar-refractivity contribution < 1.29 is 0 Å². The number of halogens is 1. The summed E-state index contributed by atoms with van der Waals surface area (Å²) >= 11 is 3.66. The fourth-order valence-corrected chi connectivity index (χ4v) is 3.18. The average molecular weight is 257 g/mol. The minimum absolute atomic E-state index is 0.494. The number of nitrogens with zero attached hydrogens (tertiary/aromatic N) is 2. The van der Waals surface area contributed by atoms with Gasteiger partial charge in [-0.1, -0.05) is 28.8 Å². The standard InChI is InChI=1S/C11H17BrN2/c1-14-7-4-10(13-14)8-11(9-12)5-2-3-6-11/h4,7H,2-3,5-6,8-9H2,1H3. The van der Waals surface area contributed by atoms with Crippen LogP contribution in [0.15, 0.2) is 12.3 Å². The van der Waals surface area contributed by atoms with E-state index in [1.807, 2.05) is 17.9 Å². The molecular formula is C11H17BrN2. The molecule has 1 heterocycles. The largest absolute Gasteiger partial charge is 0.276 e. The normalized spacial score (nSPS) is 20.1. The lowest BCUT2D eigenvalue weighted by atomic mass is 9.84. The Hall–Kier alpha value is -0.310. The summed E-state index contributed by atoms with van der Waals surface area (Å²) in [4.78, 5) is 0. The van der Waals surface area contributed by atoms with Gasteiger partial charge in [0.15, 0.2) is 0 Å². The monoisotopic (exact) mass is 256 g/mol. The molecule has 1 aliphatic carbocycles. The molecule has 0 unspecified atom stereocenters. The molecule has 14 heavy (non-hydrogen) atoms. The summed E-state index contributed by atoms with van der Waals surface area (Å²) in [6, 6.07) is 2.14. The highest BCUT2D eigenvalue weighted by molar-refractivity contribution is 9.09. The molecule has 0 atom stereocenters. The van der Waals surface area contributed by atoms with E-state index < -0.39 is 0 Å². The van der Waals surface area contributed by atoms with E-state index in [-0.39, 0.29) is 0 Å². The summed E-state index contributed by atoms with van der Waals surface area (Å²) < 4.78 is 1.90. The van der Waals surface area contributed by atoms with Crippen LogP contribution in [0.4, 0.5) is 0 Å². The highest BCUT2D eigenvalue weighted by atomic mass is 79.9. The molecule has 0 saturated heterocycles. The Kier molecular flexibility index (Phi) is 2.96. The van der Waals surface area contributed by atoms with Gasteiger partial charge in [-0.05, 0) is 30.7 Å². The van der Waals surface area contributed by atoms with Crippen molar-refractivity contribution in [3.8, 4) is 0 Å². The third kappa shape index (κ3) is 2.02. The van der Waals surface area contributed by atoms with Crippen molar-refractivity contribution in [2.45, 2.75) is 32.1 Å². The maximum absolute atomic E-state index is 4.46. The Labute approximate surface area is 93.8 Å². The first kappa shape index (κ1) is 10.2. The summed E-state index contributed by atoms with van der Waals surface area (Å²) in [5.41, 5.74) is 1.74. The molecular weight excluding hydrogens is 240 g/mol. The van der Waals surface area contributed by atoms with Crippen molar-refractivity contribution in [2.75, 3.05) is 5.33 Å². The van der Waals surface area contributed by atoms with Crippen molar-refractivity contribution in [3.05, 3.63) is 18.0 Å². The molecule has 0 N–H and O–H groups in total. The summed E-state index contributed by atoms with van der Waals surface area (Å²) in [6.45, 7) is 0. The van der Waals surface area contributed by atoms with Crippen LogP contribution in [0.2, 0.25) is 0 Å². The Morgan fingerprint density at radius 1 is 1.50 bits per heavy atom. The molecule has 1 aromatic rings. The third-order valence-electron chi connectivity index (χ3n) is 3.27. The predicted molar refractivity (Wildman–Crippen MR) is 61.6 cm³/mol. The first-order valence-corrected chi connectivity index (χ1v) is 6.41. The van der Waals surface area contributed by atoms with Crippen molar-refractivity contribution >= 4 is 15.9 Å².